The fourth-order valence-electron chi connectivity index (χ4n) is 2.51. The zero-order valence-electron chi connectivity index (χ0n) is 11.3. The van der Waals surface area contributed by atoms with Gasteiger partial charge in [0, 0.05) is 5.56 Å². The molecule has 0 radical (unpaired) electrons. The molecule has 0 bridgehead atoms. The van der Waals surface area contributed by atoms with Crippen molar-refractivity contribution in [2.75, 3.05) is 0 Å². The first-order chi connectivity index (χ1) is 9.59. The number of aromatic nitrogens is 1. The molecule has 0 amide bonds. The first kappa shape index (κ1) is 12.6. The van der Waals surface area contributed by atoms with Gasteiger partial charge in [0.2, 0.25) is 0 Å². The number of benzene rings is 2. The predicted octanol–water partition coefficient (Wildman–Crippen LogP) is 3.95. The molecule has 0 aliphatic carbocycles. The zero-order chi connectivity index (χ0) is 14.3. The molecule has 2 aromatic carbocycles. The van der Waals surface area contributed by atoms with E-state index in [9.17, 15) is 9.18 Å². The maximum atomic E-state index is 14.0. The lowest BCUT2D eigenvalue weighted by Gasteiger charge is -2.10. The average Bonchev–Trinajstić information content (AvgIpc) is 2.47. The maximum absolute atomic E-state index is 14.0. The van der Waals surface area contributed by atoms with Gasteiger partial charge in [-0.25, -0.2) is 4.39 Å². The first-order valence-corrected chi connectivity index (χ1v) is 6.46. The molecule has 20 heavy (non-hydrogen) atoms. The second-order valence-corrected chi connectivity index (χ2v) is 4.93. The molecule has 0 atom stereocenters. The summed E-state index contributed by atoms with van der Waals surface area (Å²) < 4.78 is 14.0. The summed E-state index contributed by atoms with van der Waals surface area (Å²) in [7, 11) is 0. The smallest absolute Gasteiger partial charge is 0.193 e. The molecule has 0 unspecified atom stereocenters. The molecule has 1 aromatic heterocycles. The molecule has 0 aliphatic rings. The quantitative estimate of drug-likeness (QED) is 0.711. The normalized spacial score (nSPS) is 10.9. The lowest BCUT2D eigenvalue weighted by molar-refractivity contribution is 0.636. The summed E-state index contributed by atoms with van der Waals surface area (Å²) in [6.07, 6.45) is 0. The molecule has 100 valence electrons. The van der Waals surface area contributed by atoms with E-state index in [1.807, 2.05) is 37.3 Å². The standard InChI is InChI=1S/C17H14FNO/c1-10-8-9-13(18)16-14(10)17(20)11(2)15(19-16)12-6-4-3-5-7-12/h3-9H,1-2H3,(H,19,20). The van der Waals surface area contributed by atoms with Crippen LogP contribution >= 0.6 is 0 Å². The van der Waals surface area contributed by atoms with E-state index in [1.165, 1.54) is 6.07 Å². The monoisotopic (exact) mass is 267 g/mol. The van der Waals surface area contributed by atoms with E-state index in [2.05, 4.69) is 4.98 Å². The highest BCUT2D eigenvalue weighted by molar-refractivity contribution is 5.86. The van der Waals surface area contributed by atoms with Crippen molar-refractivity contribution in [2.45, 2.75) is 13.8 Å². The van der Waals surface area contributed by atoms with Crippen LogP contribution in [0.15, 0.2) is 47.3 Å². The topological polar surface area (TPSA) is 32.9 Å². The summed E-state index contributed by atoms with van der Waals surface area (Å²) in [6.45, 7) is 3.59. The van der Waals surface area contributed by atoms with E-state index in [0.717, 1.165) is 11.1 Å². The minimum Gasteiger partial charge on any atom is -0.352 e. The van der Waals surface area contributed by atoms with Crippen LogP contribution in [0.25, 0.3) is 22.2 Å². The van der Waals surface area contributed by atoms with E-state index < -0.39 is 5.82 Å². The maximum Gasteiger partial charge on any atom is 0.193 e. The van der Waals surface area contributed by atoms with Crippen LogP contribution in [0.3, 0.4) is 0 Å². The van der Waals surface area contributed by atoms with Crippen LogP contribution in [0.1, 0.15) is 11.1 Å². The molecule has 1 heterocycles. The zero-order valence-corrected chi connectivity index (χ0v) is 11.3. The molecule has 3 heteroatoms. The van der Waals surface area contributed by atoms with Gasteiger partial charge in [-0.1, -0.05) is 36.4 Å². The van der Waals surface area contributed by atoms with Crippen molar-refractivity contribution >= 4 is 10.9 Å². The summed E-state index contributed by atoms with van der Waals surface area (Å²) in [5.74, 6) is -0.403. The number of nitrogens with one attached hydrogen (secondary N) is 1. The third-order valence-electron chi connectivity index (χ3n) is 3.62. The highest BCUT2D eigenvalue weighted by Gasteiger charge is 2.14. The van der Waals surface area contributed by atoms with Gasteiger partial charge in [-0.05, 0) is 31.0 Å². The van der Waals surface area contributed by atoms with Crippen molar-refractivity contribution in [3.8, 4) is 11.3 Å². The molecule has 3 aromatic rings. The van der Waals surface area contributed by atoms with Crippen molar-refractivity contribution in [3.05, 3.63) is 69.6 Å². The Labute approximate surface area is 115 Å². The van der Waals surface area contributed by atoms with Gasteiger partial charge in [-0.15, -0.1) is 0 Å². The molecule has 0 fully saturated rings. The van der Waals surface area contributed by atoms with Crippen LogP contribution in [0.4, 0.5) is 4.39 Å². The summed E-state index contributed by atoms with van der Waals surface area (Å²) in [4.78, 5) is 15.6. The molecular weight excluding hydrogens is 253 g/mol. The van der Waals surface area contributed by atoms with Gasteiger partial charge < -0.3 is 4.98 Å². The van der Waals surface area contributed by atoms with Crippen molar-refractivity contribution in [3.63, 3.8) is 0 Å². The average molecular weight is 267 g/mol. The van der Waals surface area contributed by atoms with E-state index in [0.29, 0.717) is 16.6 Å². The number of aromatic amines is 1. The third kappa shape index (κ3) is 1.83. The number of H-pyrrole nitrogens is 1. The minimum atomic E-state index is -0.403. The molecule has 1 N–H and O–H groups in total. The van der Waals surface area contributed by atoms with Crippen molar-refractivity contribution in [2.24, 2.45) is 0 Å². The molecular formula is C17H14FNO. The van der Waals surface area contributed by atoms with Crippen LogP contribution in [-0.4, -0.2) is 4.98 Å². The molecule has 3 rings (SSSR count). The van der Waals surface area contributed by atoms with Gasteiger partial charge in [0.25, 0.3) is 0 Å². The Morgan fingerprint density at radius 1 is 1.00 bits per heavy atom. The number of rotatable bonds is 1. The second kappa shape index (κ2) is 4.60. The van der Waals surface area contributed by atoms with Gasteiger partial charge in [-0.2, -0.15) is 0 Å². The molecule has 0 spiro atoms. The van der Waals surface area contributed by atoms with Crippen molar-refractivity contribution in [1.29, 1.82) is 0 Å². The summed E-state index contributed by atoms with van der Waals surface area (Å²) >= 11 is 0. The molecule has 0 saturated heterocycles. The highest BCUT2D eigenvalue weighted by atomic mass is 19.1. The predicted molar refractivity (Wildman–Crippen MR) is 79.4 cm³/mol. The van der Waals surface area contributed by atoms with E-state index in [4.69, 9.17) is 0 Å². The highest BCUT2D eigenvalue weighted by Crippen LogP contribution is 2.24. The van der Waals surface area contributed by atoms with E-state index in [-0.39, 0.29) is 10.9 Å². The van der Waals surface area contributed by atoms with Crippen LogP contribution in [-0.2, 0) is 0 Å². The van der Waals surface area contributed by atoms with Crippen molar-refractivity contribution < 1.29 is 4.39 Å². The number of hydrogen-bond acceptors (Lipinski definition) is 1. The van der Waals surface area contributed by atoms with Gasteiger partial charge in [-0.3, -0.25) is 4.79 Å². The fraction of sp³-hybridized carbons (Fsp3) is 0.118. The Morgan fingerprint density at radius 2 is 1.70 bits per heavy atom. The van der Waals surface area contributed by atoms with Gasteiger partial charge >= 0.3 is 0 Å². The van der Waals surface area contributed by atoms with Crippen LogP contribution in [0.2, 0.25) is 0 Å². The van der Waals surface area contributed by atoms with Gasteiger partial charge in [0.05, 0.1) is 16.6 Å². The van der Waals surface area contributed by atoms with Crippen LogP contribution in [0.5, 0.6) is 0 Å². The number of halogens is 1. The van der Waals surface area contributed by atoms with E-state index in [1.54, 1.807) is 13.0 Å². The number of fused-ring (bicyclic) bond motifs is 1. The van der Waals surface area contributed by atoms with Gasteiger partial charge in [0.15, 0.2) is 5.43 Å². The Morgan fingerprint density at radius 3 is 2.40 bits per heavy atom. The minimum absolute atomic E-state index is 0.116. The lowest BCUT2D eigenvalue weighted by Crippen LogP contribution is -2.11. The molecule has 0 saturated carbocycles. The lowest BCUT2D eigenvalue weighted by atomic mass is 10.0. The van der Waals surface area contributed by atoms with Gasteiger partial charge in [0.1, 0.15) is 5.82 Å². The third-order valence-corrected chi connectivity index (χ3v) is 3.62. The summed E-state index contributed by atoms with van der Waals surface area (Å²) in [5, 5.41) is 0.433. The van der Waals surface area contributed by atoms with Crippen LogP contribution < -0.4 is 5.43 Å². The Hall–Kier alpha value is -2.42. The van der Waals surface area contributed by atoms with Crippen molar-refractivity contribution in [1.82, 2.24) is 4.98 Å². The Kier molecular flexibility index (Phi) is 2.90. The first-order valence-electron chi connectivity index (χ1n) is 6.46. The Bertz CT molecular complexity index is 850. The number of aryl methyl sites for hydroxylation is 1. The van der Waals surface area contributed by atoms with E-state index >= 15 is 0 Å². The Balaban J connectivity index is 2.46. The SMILES string of the molecule is Cc1c(-c2ccccc2)[nH]c2c(F)ccc(C)c2c1=O. The van der Waals surface area contributed by atoms with Crippen LogP contribution in [0, 0.1) is 19.7 Å². The summed E-state index contributed by atoms with van der Waals surface area (Å²) in [6, 6.07) is 12.5. The largest absolute Gasteiger partial charge is 0.352 e. The number of hydrogen-bond donors (Lipinski definition) is 1. The number of pyridine rings is 1. The second-order valence-electron chi connectivity index (χ2n) is 4.93. The summed E-state index contributed by atoms with van der Waals surface area (Å²) in [5.41, 5.74) is 3.11. The molecule has 2 nitrogen and oxygen atoms in total. The molecule has 0 aliphatic heterocycles. The fourth-order valence-corrected chi connectivity index (χ4v) is 2.51.